The van der Waals surface area contributed by atoms with Crippen LogP contribution in [0.15, 0.2) is 18.3 Å². The summed E-state index contributed by atoms with van der Waals surface area (Å²) < 4.78 is 5.09. The summed E-state index contributed by atoms with van der Waals surface area (Å²) in [6.45, 7) is 0.442. The molecule has 0 radical (unpaired) electrons. The molecule has 0 bridgehead atoms. The number of carboxylic acids is 1. The molecule has 1 saturated carbocycles. The Bertz CT molecular complexity index is 654. The predicted octanol–water partition coefficient (Wildman–Crippen LogP) is -1.28. The van der Waals surface area contributed by atoms with E-state index in [0.717, 1.165) is 12.8 Å². The fourth-order valence-electron chi connectivity index (χ4n) is 3.19. The number of piperidine rings is 1. The Morgan fingerprint density at radius 3 is 2.79 bits per heavy atom. The average molecular weight is 337 g/mol. The Morgan fingerprint density at radius 2 is 2.12 bits per heavy atom. The molecule has 2 fully saturated rings. The third-order valence-corrected chi connectivity index (χ3v) is 4.48. The summed E-state index contributed by atoms with van der Waals surface area (Å²) in [4.78, 5) is 28.8. The van der Waals surface area contributed by atoms with Crippen molar-refractivity contribution >= 4 is 17.8 Å². The third kappa shape index (κ3) is 2.93. The quantitative estimate of drug-likeness (QED) is 0.466. The molecule has 1 aromatic rings. The highest BCUT2D eigenvalue weighted by Gasteiger charge is 2.52. The van der Waals surface area contributed by atoms with Gasteiger partial charge in [-0.05, 0) is 30.9 Å². The lowest BCUT2D eigenvalue weighted by Gasteiger charge is -2.29. The van der Waals surface area contributed by atoms with Gasteiger partial charge in [0.25, 0.3) is 0 Å². The van der Waals surface area contributed by atoms with Crippen LogP contribution in [0, 0.1) is 5.92 Å². The SMILES string of the molecule is NCC1CC2CC2N1c1ncccc1OC(=O)C(O)C(O)C(=O)O. The Hall–Kier alpha value is -2.23. The van der Waals surface area contributed by atoms with Gasteiger partial charge in [-0.1, -0.05) is 0 Å². The van der Waals surface area contributed by atoms with Crippen LogP contribution < -0.4 is 15.4 Å². The number of nitrogens with two attached hydrogens (primary N) is 1. The molecular weight excluding hydrogens is 318 g/mol. The molecule has 1 aromatic heterocycles. The highest BCUT2D eigenvalue weighted by Crippen LogP contribution is 2.50. The molecule has 0 aromatic carbocycles. The van der Waals surface area contributed by atoms with Crippen molar-refractivity contribution in [3.63, 3.8) is 0 Å². The van der Waals surface area contributed by atoms with Crippen molar-refractivity contribution in [2.75, 3.05) is 11.4 Å². The molecule has 1 saturated heterocycles. The van der Waals surface area contributed by atoms with Crippen LogP contribution in [-0.2, 0) is 9.59 Å². The van der Waals surface area contributed by atoms with Crippen LogP contribution in [0.1, 0.15) is 12.8 Å². The molecule has 130 valence electrons. The van der Waals surface area contributed by atoms with Gasteiger partial charge in [-0.25, -0.2) is 14.6 Å². The molecule has 0 amide bonds. The second-order valence-electron chi connectivity index (χ2n) is 6.07. The number of nitrogens with zero attached hydrogens (tertiary/aromatic N) is 2. The molecule has 5 unspecified atom stereocenters. The van der Waals surface area contributed by atoms with Gasteiger partial charge in [-0.3, -0.25) is 0 Å². The number of hydrogen-bond donors (Lipinski definition) is 4. The Labute approximate surface area is 137 Å². The second kappa shape index (κ2) is 6.34. The van der Waals surface area contributed by atoms with Crippen molar-refractivity contribution in [2.45, 2.75) is 37.1 Å². The zero-order chi connectivity index (χ0) is 17.4. The zero-order valence-corrected chi connectivity index (χ0v) is 12.8. The predicted molar refractivity (Wildman–Crippen MR) is 81.4 cm³/mol. The van der Waals surface area contributed by atoms with Crippen LogP contribution in [0.4, 0.5) is 5.82 Å². The number of carbonyl (C=O) groups excluding carboxylic acids is 1. The van der Waals surface area contributed by atoms with Crippen LogP contribution in [0.2, 0.25) is 0 Å². The number of ether oxygens (including phenoxy) is 1. The first kappa shape index (κ1) is 16.6. The number of aromatic nitrogens is 1. The van der Waals surface area contributed by atoms with E-state index in [-0.39, 0.29) is 11.8 Å². The van der Waals surface area contributed by atoms with Crippen molar-refractivity contribution in [3.8, 4) is 5.75 Å². The number of aliphatic hydroxyl groups is 2. The van der Waals surface area contributed by atoms with Crippen LogP contribution >= 0.6 is 0 Å². The van der Waals surface area contributed by atoms with Gasteiger partial charge in [0.2, 0.25) is 0 Å². The molecule has 3 rings (SSSR count). The molecule has 1 aliphatic heterocycles. The summed E-state index contributed by atoms with van der Waals surface area (Å²) in [5, 5.41) is 27.5. The molecule has 2 heterocycles. The van der Waals surface area contributed by atoms with Crippen molar-refractivity contribution in [3.05, 3.63) is 18.3 Å². The number of anilines is 1. The fraction of sp³-hybridized carbons (Fsp3) is 0.533. The monoisotopic (exact) mass is 337 g/mol. The van der Waals surface area contributed by atoms with Crippen LogP contribution in [0.3, 0.4) is 0 Å². The molecule has 5 atom stereocenters. The molecule has 1 aliphatic carbocycles. The van der Waals surface area contributed by atoms with Gasteiger partial charge < -0.3 is 30.7 Å². The van der Waals surface area contributed by atoms with Gasteiger partial charge >= 0.3 is 11.9 Å². The maximum Gasteiger partial charge on any atom is 0.343 e. The number of esters is 1. The summed E-state index contributed by atoms with van der Waals surface area (Å²) in [5.74, 6) is -1.87. The lowest BCUT2D eigenvalue weighted by molar-refractivity contribution is -0.164. The highest BCUT2D eigenvalue weighted by molar-refractivity contribution is 5.86. The first-order chi connectivity index (χ1) is 11.4. The van der Waals surface area contributed by atoms with Gasteiger partial charge in [0.15, 0.2) is 23.8 Å². The zero-order valence-electron chi connectivity index (χ0n) is 12.8. The number of aliphatic carboxylic acids is 1. The maximum atomic E-state index is 11.9. The van der Waals surface area contributed by atoms with Crippen LogP contribution in [-0.4, -0.2) is 63.1 Å². The van der Waals surface area contributed by atoms with Crippen molar-refractivity contribution < 1.29 is 29.6 Å². The number of fused-ring (bicyclic) bond motifs is 1. The van der Waals surface area contributed by atoms with E-state index in [1.165, 1.54) is 6.07 Å². The van der Waals surface area contributed by atoms with Gasteiger partial charge in [-0.15, -0.1) is 0 Å². The molecular formula is C15H19N3O6. The van der Waals surface area contributed by atoms with Gasteiger partial charge in [-0.2, -0.15) is 0 Å². The lowest BCUT2D eigenvalue weighted by atomic mass is 10.1. The van der Waals surface area contributed by atoms with Crippen molar-refractivity contribution in [1.29, 1.82) is 0 Å². The number of aliphatic hydroxyl groups excluding tert-OH is 2. The number of carboxylic acid groups (broad SMARTS) is 1. The number of hydrogen-bond acceptors (Lipinski definition) is 8. The van der Waals surface area contributed by atoms with E-state index in [4.69, 9.17) is 15.6 Å². The van der Waals surface area contributed by atoms with E-state index < -0.39 is 24.1 Å². The molecule has 5 N–H and O–H groups in total. The van der Waals surface area contributed by atoms with E-state index >= 15 is 0 Å². The smallest absolute Gasteiger partial charge is 0.343 e. The van der Waals surface area contributed by atoms with Gasteiger partial charge in [0.1, 0.15) is 0 Å². The van der Waals surface area contributed by atoms with Crippen molar-refractivity contribution in [2.24, 2.45) is 11.7 Å². The van der Waals surface area contributed by atoms with Gasteiger partial charge in [0, 0.05) is 24.8 Å². The fourth-order valence-corrected chi connectivity index (χ4v) is 3.19. The largest absolute Gasteiger partial charge is 0.479 e. The van der Waals surface area contributed by atoms with E-state index in [0.29, 0.717) is 24.3 Å². The van der Waals surface area contributed by atoms with E-state index in [1.807, 2.05) is 4.90 Å². The molecule has 24 heavy (non-hydrogen) atoms. The molecule has 9 nitrogen and oxygen atoms in total. The standard InChI is InChI=1S/C15H19N3O6/c16-6-8-4-7-5-9(7)18(8)13-10(2-1-3-17-13)24-15(23)12(20)11(19)14(21)22/h1-3,7-9,11-12,19-20H,4-6,16H2,(H,21,22). The first-order valence-corrected chi connectivity index (χ1v) is 7.68. The summed E-state index contributed by atoms with van der Waals surface area (Å²) in [6.07, 6.45) is -0.910. The molecule has 2 aliphatic rings. The minimum atomic E-state index is -2.26. The number of carbonyl (C=O) groups is 2. The molecule has 0 spiro atoms. The average Bonchev–Trinajstić information content (AvgIpc) is 3.24. The Kier molecular flexibility index (Phi) is 4.39. The topological polar surface area (TPSA) is 146 Å². The summed E-state index contributed by atoms with van der Waals surface area (Å²) in [7, 11) is 0. The Balaban J connectivity index is 1.80. The normalized spacial score (nSPS) is 27.3. The summed E-state index contributed by atoms with van der Waals surface area (Å²) >= 11 is 0. The van der Waals surface area contributed by atoms with Crippen LogP contribution in [0.5, 0.6) is 5.75 Å². The lowest BCUT2D eigenvalue weighted by Crippen LogP contribution is -2.42. The minimum Gasteiger partial charge on any atom is -0.479 e. The van der Waals surface area contributed by atoms with E-state index in [2.05, 4.69) is 4.98 Å². The number of rotatable bonds is 6. The summed E-state index contributed by atoms with van der Waals surface area (Å²) in [6, 6.07) is 3.46. The van der Waals surface area contributed by atoms with Crippen molar-refractivity contribution in [1.82, 2.24) is 4.98 Å². The first-order valence-electron chi connectivity index (χ1n) is 7.68. The van der Waals surface area contributed by atoms with Gasteiger partial charge in [0.05, 0.1) is 0 Å². The van der Waals surface area contributed by atoms with Crippen LogP contribution in [0.25, 0.3) is 0 Å². The minimum absolute atomic E-state index is 0.0932. The third-order valence-electron chi connectivity index (χ3n) is 4.48. The highest BCUT2D eigenvalue weighted by atomic mass is 16.6. The summed E-state index contributed by atoms with van der Waals surface area (Å²) in [5.41, 5.74) is 5.80. The van der Waals surface area contributed by atoms with E-state index in [9.17, 15) is 19.8 Å². The molecule has 9 heteroatoms. The second-order valence-corrected chi connectivity index (χ2v) is 6.07. The maximum absolute atomic E-state index is 11.9. The Morgan fingerprint density at radius 1 is 1.38 bits per heavy atom. The number of pyridine rings is 1. The van der Waals surface area contributed by atoms with E-state index in [1.54, 1.807) is 12.3 Å².